The summed E-state index contributed by atoms with van der Waals surface area (Å²) in [5.74, 6) is 2.95. The SMILES string of the molecule is CNC1CCC(CN(C)Cc2ccc(C)o2)CC1. The zero-order chi connectivity index (χ0) is 13.0. The maximum atomic E-state index is 5.63. The van der Waals surface area contributed by atoms with Crippen molar-refractivity contribution in [3.8, 4) is 0 Å². The van der Waals surface area contributed by atoms with Crippen LogP contribution in [0, 0.1) is 12.8 Å². The third-order valence-electron chi connectivity index (χ3n) is 4.05. The van der Waals surface area contributed by atoms with Crippen LogP contribution in [-0.2, 0) is 6.54 Å². The van der Waals surface area contributed by atoms with E-state index in [1.165, 1.54) is 32.2 Å². The Kier molecular flexibility index (Phi) is 4.84. The average Bonchev–Trinajstić information content (AvgIpc) is 2.75. The summed E-state index contributed by atoms with van der Waals surface area (Å²) in [7, 11) is 4.28. The molecule has 0 aliphatic heterocycles. The van der Waals surface area contributed by atoms with Gasteiger partial charge in [0.15, 0.2) is 0 Å². The third-order valence-corrected chi connectivity index (χ3v) is 4.05. The van der Waals surface area contributed by atoms with Gasteiger partial charge in [0, 0.05) is 12.6 Å². The summed E-state index contributed by atoms with van der Waals surface area (Å²) in [4.78, 5) is 2.39. The van der Waals surface area contributed by atoms with Gasteiger partial charge in [-0.2, -0.15) is 0 Å². The summed E-state index contributed by atoms with van der Waals surface area (Å²) in [6.45, 7) is 4.12. The summed E-state index contributed by atoms with van der Waals surface area (Å²) < 4.78 is 5.63. The molecule has 1 saturated carbocycles. The van der Waals surface area contributed by atoms with Crippen molar-refractivity contribution < 1.29 is 4.42 Å². The molecule has 102 valence electrons. The molecule has 0 atom stereocenters. The predicted octanol–water partition coefficient (Wildman–Crippen LogP) is 2.80. The molecule has 1 heterocycles. The molecule has 2 rings (SSSR count). The molecule has 1 fully saturated rings. The highest BCUT2D eigenvalue weighted by Gasteiger charge is 2.21. The summed E-state index contributed by atoms with van der Waals surface area (Å²) >= 11 is 0. The van der Waals surface area contributed by atoms with Gasteiger partial charge < -0.3 is 9.73 Å². The molecule has 1 N–H and O–H groups in total. The van der Waals surface area contributed by atoms with Crippen molar-refractivity contribution >= 4 is 0 Å². The van der Waals surface area contributed by atoms with Crippen LogP contribution in [-0.4, -0.2) is 31.6 Å². The maximum Gasteiger partial charge on any atom is 0.118 e. The van der Waals surface area contributed by atoms with E-state index in [4.69, 9.17) is 4.42 Å². The molecule has 1 aromatic heterocycles. The number of rotatable bonds is 5. The van der Waals surface area contributed by atoms with E-state index >= 15 is 0 Å². The lowest BCUT2D eigenvalue weighted by Gasteiger charge is -2.30. The zero-order valence-corrected chi connectivity index (χ0v) is 11.9. The van der Waals surface area contributed by atoms with Crippen LogP contribution < -0.4 is 5.32 Å². The molecule has 1 aromatic rings. The molecule has 0 amide bonds. The highest BCUT2D eigenvalue weighted by atomic mass is 16.3. The number of nitrogens with zero attached hydrogens (tertiary/aromatic N) is 1. The molecular formula is C15H26N2O. The van der Waals surface area contributed by atoms with Crippen molar-refractivity contribution in [1.29, 1.82) is 0 Å². The van der Waals surface area contributed by atoms with E-state index in [2.05, 4.69) is 30.4 Å². The standard InChI is InChI=1S/C15H26N2O/c1-12-4-9-15(18-12)11-17(3)10-13-5-7-14(16-2)8-6-13/h4,9,13-14,16H,5-8,10-11H2,1-3H3. The first-order valence-electron chi connectivity index (χ1n) is 7.08. The van der Waals surface area contributed by atoms with Gasteiger partial charge in [-0.25, -0.2) is 0 Å². The van der Waals surface area contributed by atoms with Gasteiger partial charge in [0.2, 0.25) is 0 Å². The van der Waals surface area contributed by atoms with E-state index in [0.717, 1.165) is 30.0 Å². The topological polar surface area (TPSA) is 28.4 Å². The van der Waals surface area contributed by atoms with Gasteiger partial charge in [0.1, 0.15) is 11.5 Å². The molecule has 3 nitrogen and oxygen atoms in total. The molecular weight excluding hydrogens is 224 g/mol. The highest BCUT2D eigenvalue weighted by molar-refractivity contribution is 5.05. The van der Waals surface area contributed by atoms with Gasteiger partial charge in [-0.05, 0) is 64.8 Å². The summed E-state index contributed by atoms with van der Waals surface area (Å²) in [5, 5.41) is 3.39. The van der Waals surface area contributed by atoms with E-state index in [0.29, 0.717) is 0 Å². The molecule has 0 saturated heterocycles. The summed E-state index contributed by atoms with van der Waals surface area (Å²) in [6.07, 6.45) is 5.36. The monoisotopic (exact) mass is 250 g/mol. The fourth-order valence-corrected chi connectivity index (χ4v) is 2.98. The first kappa shape index (κ1) is 13.6. The van der Waals surface area contributed by atoms with Gasteiger partial charge >= 0.3 is 0 Å². The van der Waals surface area contributed by atoms with Gasteiger partial charge in [0.25, 0.3) is 0 Å². The second kappa shape index (κ2) is 6.39. The van der Waals surface area contributed by atoms with Crippen LogP contribution in [0.5, 0.6) is 0 Å². The largest absolute Gasteiger partial charge is 0.465 e. The lowest BCUT2D eigenvalue weighted by atomic mass is 9.86. The van der Waals surface area contributed by atoms with Gasteiger partial charge in [-0.1, -0.05) is 0 Å². The van der Waals surface area contributed by atoms with E-state index < -0.39 is 0 Å². The van der Waals surface area contributed by atoms with Crippen LogP contribution in [0.25, 0.3) is 0 Å². The van der Waals surface area contributed by atoms with Crippen molar-refractivity contribution in [3.63, 3.8) is 0 Å². The minimum atomic E-state index is 0.749. The molecule has 0 radical (unpaired) electrons. The molecule has 0 aromatic carbocycles. The number of nitrogens with one attached hydrogen (secondary N) is 1. The van der Waals surface area contributed by atoms with Crippen molar-refractivity contribution in [2.45, 2.75) is 45.2 Å². The van der Waals surface area contributed by atoms with Crippen LogP contribution in [0.4, 0.5) is 0 Å². The number of hydrogen-bond donors (Lipinski definition) is 1. The molecule has 1 aliphatic carbocycles. The first-order valence-corrected chi connectivity index (χ1v) is 7.08. The van der Waals surface area contributed by atoms with Crippen molar-refractivity contribution in [2.24, 2.45) is 5.92 Å². The van der Waals surface area contributed by atoms with E-state index in [9.17, 15) is 0 Å². The van der Waals surface area contributed by atoms with Crippen LogP contribution in [0.1, 0.15) is 37.2 Å². The fraction of sp³-hybridized carbons (Fsp3) is 0.733. The minimum absolute atomic E-state index is 0.749. The Hall–Kier alpha value is -0.800. The molecule has 1 aliphatic rings. The van der Waals surface area contributed by atoms with Crippen LogP contribution in [0.2, 0.25) is 0 Å². The third kappa shape index (κ3) is 3.85. The van der Waals surface area contributed by atoms with Crippen LogP contribution in [0.3, 0.4) is 0 Å². The Morgan fingerprint density at radius 2 is 2.00 bits per heavy atom. The van der Waals surface area contributed by atoms with Gasteiger partial charge in [-0.15, -0.1) is 0 Å². The maximum absolute atomic E-state index is 5.63. The Morgan fingerprint density at radius 3 is 2.56 bits per heavy atom. The van der Waals surface area contributed by atoms with Gasteiger partial charge in [-0.3, -0.25) is 4.90 Å². The molecule has 0 spiro atoms. The Labute approximate surface area is 111 Å². The second-order valence-corrected chi connectivity index (χ2v) is 5.72. The van der Waals surface area contributed by atoms with E-state index in [-0.39, 0.29) is 0 Å². The molecule has 0 unspecified atom stereocenters. The average molecular weight is 250 g/mol. The molecule has 18 heavy (non-hydrogen) atoms. The van der Waals surface area contributed by atoms with Crippen molar-refractivity contribution in [3.05, 3.63) is 23.7 Å². The van der Waals surface area contributed by atoms with Crippen molar-refractivity contribution in [2.75, 3.05) is 20.6 Å². The normalized spacial score (nSPS) is 24.7. The second-order valence-electron chi connectivity index (χ2n) is 5.72. The number of aryl methyl sites for hydroxylation is 1. The quantitative estimate of drug-likeness (QED) is 0.871. The highest BCUT2D eigenvalue weighted by Crippen LogP contribution is 2.25. The first-order chi connectivity index (χ1) is 8.67. The smallest absolute Gasteiger partial charge is 0.118 e. The van der Waals surface area contributed by atoms with Crippen LogP contribution in [0.15, 0.2) is 16.5 Å². The minimum Gasteiger partial charge on any atom is -0.465 e. The summed E-state index contributed by atoms with van der Waals surface area (Å²) in [5.41, 5.74) is 0. The van der Waals surface area contributed by atoms with Crippen molar-refractivity contribution in [1.82, 2.24) is 10.2 Å². The molecule has 0 bridgehead atoms. The Bertz CT molecular complexity index is 353. The predicted molar refractivity (Wildman–Crippen MR) is 74.6 cm³/mol. The lowest BCUT2D eigenvalue weighted by Crippen LogP contribution is -2.34. The van der Waals surface area contributed by atoms with Crippen LogP contribution >= 0.6 is 0 Å². The fourth-order valence-electron chi connectivity index (χ4n) is 2.98. The zero-order valence-electron chi connectivity index (χ0n) is 11.9. The number of hydrogen-bond acceptors (Lipinski definition) is 3. The molecule has 3 heteroatoms. The van der Waals surface area contributed by atoms with E-state index in [1.807, 2.05) is 13.0 Å². The van der Waals surface area contributed by atoms with E-state index in [1.54, 1.807) is 0 Å². The lowest BCUT2D eigenvalue weighted by molar-refractivity contribution is 0.201. The Morgan fingerprint density at radius 1 is 1.28 bits per heavy atom. The number of furan rings is 1. The summed E-state index contributed by atoms with van der Waals surface area (Å²) in [6, 6.07) is 4.88. The van der Waals surface area contributed by atoms with Gasteiger partial charge in [0.05, 0.1) is 6.54 Å². The Balaban J connectivity index is 1.73.